The van der Waals surface area contributed by atoms with Crippen molar-refractivity contribution in [2.75, 3.05) is 46.9 Å². The number of carbonyl (C=O) groups excluding carboxylic acids is 1. The lowest BCUT2D eigenvalue weighted by molar-refractivity contribution is -0.129. The van der Waals surface area contributed by atoms with Gasteiger partial charge in [-0.15, -0.1) is 0 Å². The van der Waals surface area contributed by atoms with Gasteiger partial charge in [-0.1, -0.05) is 39.3 Å². The van der Waals surface area contributed by atoms with Crippen LogP contribution in [0.1, 0.15) is 27.7 Å². The Kier molecular flexibility index (Phi) is 18.2. The lowest BCUT2D eigenvalue weighted by Gasteiger charge is -2.24. The molecule has 1 amide bonds. The second-order valence-corrected chi connectivity index (χ2v) is 8.16. The summed E-state index contributed by atoms with van der Waals surface area (Å²) in [6, 6.07) is 8.34. The monoisotopic (exact) mass is 535 g/mol. The van der Waals surface area contributed by atoms with Crippen LogP contribution in [0.3, 0.4) is 0 Å². The fraction of sp³-hybridized carbons (Fsp3) is 0.458. The first kappa shape index (κ1) is 33.0. The van der Waals surface area contributed by atoms with Gasteiger partial charge >= 0.3 is 0 Å². The number of nitrogens with one attached hydrogen (secondary N) is 1. The van der Waals surface area contributed by atoms with Crippen molar-refractivity contribution >= 4 is 29.5 Å². The summed E-state index contributed by atoms with van der Waals surface area (Å²) >= 11 is 6.79. The van der Waals surface area contributed by atoms with Crippen molar-refractivity contribution in [2.45, 2.75) is 32.6 Å². The largest absolute Gasteiger partial charge is 0.451 e. The van der Waals surface area contributed by atoms with Gasteiger partial charge < -0.3 is 14.4 Å². The van der Waals surface area contributed by atoms with Gasteiger partial charge in [-0.3, -0.25) is 10.0 Å². The summed E-state index contributed by atoms with van der Waals surface area (Å²) < 4.78 is 41.0. The van der Waals surface area contributed by atoms with Gasteiger partial charge in [-0.25, -0.2) is 18.6 Å². The Balaban J connectivity index is 0.00000274. The smallest absolute Gasteiger partial charge is 0.258 e. The van der Waals surface area contributed by atoms with Gasteiger partial charge in [0, 0.05) is 36.7 Å². The summed E-state index contributed by atoms with van der Waals surface area (Å²) in [6.45, 7) is 10.0. The van der Waals surface area contributed by atoms with Crippen LogP contribution in [-0.2, 0) is 9.53 Å². The molecule has 0 spiro atoms. The van der Waals surface area contributed by atoms with E-state index in [1.165, 1.54) is 12.1 Å². The van der Waals surface area contributed by atoms with Gasteiger partial charge in [-0.2, -0.15) is 0 Å². The topological polar surface area (TPSA) is 74.3 Å². The van der Waals surface area contributed by atoms with Crippen LogP contribution in [0.5, 0.6) is 11.5 Å². The van der Waals surface area contributed by atoms with Crippen LogP contribution in [-0.4, -0.2) is 67.3 Å². The first-order chi connectivity index (χ1) is 16.8. The van der Waals surface area contributed by atoms with Crippen molar-refractivity contribution < 1.29 is 28.3 Å². The molecule has 0 saturated heterocycles. The number of likely N-dealkylation sites (N-methyl/N-ethyl adjacent to an activating group) is 1. The van der Waals surface area contributed by atoms with E-state index in [1.54, 1.807) is 29.0 Å². The van der Waals surface area contributed by atoms with E-state index in [2.05, 4.69) is 0 Å². The number of ether oxygens (including phenoxy) is 2. The molecule has 0 aromatic heterocycles. The summed E-state index contributed by atoms with van der Waals surface area (Å²) in [5, 5.41) is 9.29. The molecule has 0 saturated carbocycles. The van der Waals surface area contributed by atoms with E-state index in [0.717, 1.165) is 24.1 Å². The molecule has 2 N–H and O–H groups in total. The highest BCUT2D eigenvalue weighted by Gasteiger charge is 2.18. The first-order valence-electron chi connectivity index (χ1n) is 11.3. The zero-order chi connectivity index (χ0) is 26.8. The van der Waals surface area contributed by atoms with Crippen molar-refractivity contribution in [1.29, 1.82) is 0 Å². The number of carbonyl (C=O) groups is 1. The van der Waals surface area contributed by atoms with Crippen molar-refractivity contribution in [3.63, 3.8) is 0 Å². The van der Waals surface area contributed by atoms with Gasteiger partial charge in [0.1, 0.15) is 5.75 Å². The van der Waals surface area contributed by atoms with E-state index in [9.17, 15) is 13.6 Å². The molecule has 0 aliphatic carbocycles. The molecule has 0 heterocycles. The number of rotatable bonds is 12. The number of benzene rings is 2. The number of halogens is 3. The molecule has 2 aromatic carbocycles. The van der Waals surface area contributed by atoms with E-state index < -0.39 is 23.3 Å². The fourth-order valence-electron chi connectivity index (χ4n) is 2.45. The third kappa shape index (κ3) is 13.1. The second kappa shape index (κ2) is 19.3. The van der Waals surface area contributed by atoms with E-state index in [1.807, 2.05) is 39.6 Å². The van der Waals surface area contributed by atoms with E-state index in [4.69, 9.17) is 26.3 Å². The average Bonchev–Trinajstić information content (AvgIpc) is 2.87. The molecule has 7 nitrogen and oxygen atoms in total. The maximum Gasteiger partial charge on any atom is 0.258 e. The summed E-state index contributed by atoms with van der Waals surface area (Å²) in [4.78, 5) is 13.8. The molecular formula is C24H36ClF2N3O4S. The number of amides is 1. The average molecular weight is 536 g/mol. The molecular weight excluding hydrogens is 500 g/mol. The van der Waals surface area contributed by atoms with E-state index >= 15 is 0 Å². The first-order valence-corrected chi connectivity index (χ1v) is 12.4. The molecule has 0 unspecified atom stereocenters. The Hall–Kier alpha value is -1.95. The minimum Gasteiger partial charge on any atom is -0.451 e. The predicted molar refractivity (Wildman–Crippen MR) is 137 cm³/mol. The van der Waals surface area contributed by atoms with Crippen molar-refractivity contribution in [3.8, 4) is 11.5 Å². The molecule has 0 aliphatic heterocycles. The maximum absolute atomic E-state index is 14.5. The Morgan fingerprint density at radius 1 is 1.06 bits per heavy atom. The number of hydrogen-bond acceptors (Lipinski definition) is 7. The second-order valence-electron chi connectivity index (χ2n) is 6.56. The molecule has 35 heavy (non-hydrogen) atoms. The molecule has 0 radical (unpaired) electrons. The van der Waals surface area contributed by atoms with Gasteiger partial charge in [0.25, 0.3) is 5.91 Å². The molecule has 0 fully saturated rings. The van der Waals surface area contributed by atoms with Gasteiger partial charge in [0.05, 0.1) is 13.2 Å². The summed E-state index contributed by atoms with van der Waals surface area (Å²) in [7, 11) is 3.49. The molecule has 198 valence electrons. The van der Waals surface area contributed by atoms with Crippen molar-refractivity contribution in [3.05, 3.63) is 53.1 Å². The normalized spacial score (nSPS) is 10.3. The highest BCUT2D eigenvalue weighted by Crippen LogP contribution is 2.33. The van der Waals surface area contributed by atoms with Gasteiger partial charge in [0.15, 0.2) is 17.4 Å². The molecule has 2 aromatic rings. The van der Waals surface area contributed by atoms with Crippen LogP contribution < -0.4 is 10.2 Å². The van der Waals surface area contributed by atoms with Crippen LogP contribution in [0.2, 0.25) is 5.02 Å². The molecule has 11 heteroatoms. The van der Waals surface area contributed by atoms with Crippen LogP contribution in [0.15, 0.2) is 41.3 Å². The number of nitrogens with zero attached hydrogens (tertiary/aromatic N) is 2. The summed E-state index contributed by atoms with van der Waals surface area (Å²) in [6.07, 6.45) is 0. The standard InChI is InChI=1S/C20H24ClF2N3O4S.2C2H6/c1-25(9-10-29-2)7-8-26(13-19(27)24-28)31-16-11-17(22)20(18(23)12-16)30-15-5-3-14(21)4-6-15;2*1-2/h3-6,11-12,28H,7-10,13H2,1-2H3,(H,24,27);2*1-2H3. The molecule has 0 atom stereocenters. The minimum absolute atomic E-state index is 0.175. The fourth-order valence-corrected chi connectivity index (χ4v) is 3.54. The Labute approximate surface area is 216 Å². The predicted octanol–water partition coefficient (Wildman–Crippen LogP) is 5.86. The SMILES string of the molecule is CC.CC.COCCN(C)CCN(CC(=O)NO)Sc1cc(F)c(Oc2ccc(Cl)cc2)c(F)c1. The molecule has 2 rings (SSSR count). The van der Waals surface area contributed by atoms with E-state index in [0.29, 0.717) is 31.3 Å². The third-order valence-electron chi connectivity index (χ3n) is 4.09. The zero-order valence-corrected chi connectivity index (χ0v) is 22.7. The van der Waals surface area contributed by atoms with Gasteiger partial charge in [0.2, 0.25) is 0 Å². The van der Waals surface area contributed by atoms with Crippen molar-refractivity contribution in [1.82, 2.24) is 14.7 Å². The Morgan fingerprint density at radius 2 is 1.63 bits per heavy atom. The zero-order valence-electron chi connectivity index (χ0n) is 21.1. The molecule has 0 aliphatic rings. The Morgan fingerprint density at radius 3 is 2.14 bits per heavy atom. The number of hydrogen-bond donors (Lipinski definition) is 2. The highest BCUT2D eigenvalue weighted by atomic mass is 35.5. The highest BCUT2D eigenvalue weighted by molar-refractivity contribution is 7.97. The lowest BCUT2D eigenvalue weighted by Crippen LogP contribution is -2.37. The maximum atomic E-state index is 14.5. The van der Waals surface area contributed by atoms with E-state index in [-0.39, 0.29) is 17.2 Å². The van der Waals surface area contributed by atoms with Crippen LogP contribution in [0.25, 0.3) is 0 Å². The lowest BCUT2D eigenvalue weighted by atomic mass is 10.3. The van der Waals surface area contributed by atoms with Crippen molar-refractivity contribution in [2.24, 2.45) is 0 Å². The number of methoxy groups -OCH3 is 1. The minimum atomic E-state index is -0.888. The van der Waals surface area contributed by atoms with Crippen LogP contribution in [0.4, 0.5) is 8.78 Å². The van der Waals surface area contributed by atoms with Crippen LogP contribution in [0, 0.1) is 11.6 Å². The van der Waals surface area contributed by atoms with Gasteiger partial charge in [-0.05, 0) is 55.4 Å². The number of hydroxylamine groups is 1. The quantitative estimate of drug-likeness (QED) is 0.200. The molecule has 0 bridgehead atoms. The third-order valence-corrected chi connectivity index (χ3v) is 5.36. The Bertz CT molecular complexity index is 840. The summed E-state index contributed by atoms with van der Waals surface area (Å²) in [5.41, 5.74) is 1.56. The summed E-state index contributed by atoms with van der Waals surface area (Å²) in [5.74, 6) is -2.72. The van der Waals surface area contributed by atoms with Crippen LogP contribution >= 0.6 is 23.5 Å².